The van der Waals surface area contributed by atoms with Crippen molar-refractivity contribution in [3.05, 3.63) is 296 Å². The second-order valence-electron chi connectivity index (χ2n) is 25.3. The number of nitrogens with zero attached hydrogens (tertiary/aromatic N) is 6. The van der Waals surface area contributed by atoms with Gasteiger partial charge in [0.1, 0.15) is 0 Å². The molecule has 4 N–H and O–H groups in total. The molecule has 0 saturated carbocycles. The fourth-order valence-corrected chi connectivity index (χ4v) is 13.2. The Kier molecular flexibility index (Phi) is 19.3. The van der Waals surface area contributed by atoms with E-state index in [1.165, 1.54) is 28.4 Å². The van der Waals surface area contributed by atoms with Crippen LogP contribution in [0.15, 0.2) is 195 Å². The highest BCUT2D eigenvalue weighted by atomic mass is 16.5. The molecule has 0 amide bonds. The van der Waals surface area contributed by atoms with Crippen LogP contribution in [0.2, 0.25) is 0 Å². The van der Waals surface area contributed by atoms with Gasteiger partial charge in [-0.25, -0.2) is 39.1 Å². The first kappa shape index (κ1) is 70.0. The summed E-state index contributed by atoms with van der Waals surface area (Å²) in [4.78, 5) is 95.9. The summed E-state index contributed by atoms with van der Waals surface area (Å²) in [6, 6.07) is 51.2. The van der Waals surface area contributed by atoms with Gasteiger partial charge in [-0.05, 0) is 251 Å². The van der Waals surface area contributed by atoms with E-state index in [9.17, 15) is 19.2 Å². The van der Waals surface area contributed by atoms with Gasteiger partial charge in [-0.3, -0.25) is 9.97 Å². The van der Waals surface area contributed by atoms with Gasteiger partial charge in [-0.1, -0.05) is 60.4 Å². The Morgan fingerprint density at radius 3 is 0.679 bits per heavy atom. The van der Waals surface area contributed by atoms with E-state index < -0.39 is 23.9 Å². The highest BCUT2D eigenvalue weighted by molar-refractivity contribution is 6.01. The fourth-order valence-electron chi connectivity index (χ4n) is 13.2. The van der Waals surface area contributed by atoms with Crippen molar-refractivity contribution in [1.82, 2.24) is 49.8 Å². The van der Waals surface area contributed by atoms with Crippen LogP contribution >= 0.6 is 0 Å². The first-order valence-corrected chi connectivity index (χ1v) is 34.9. The molecular formula is C94H56N10O8. The molecule has 0 fully saturated rings. The van der Waals surface area contributed by atoms with Gasteiger partial charge < -0.3 is 38.9 Å². The van der Waals surface area contributed by atoms with Crippen LogP contribution in [0.5, 0.6) is 0 Å². The first-order valence-electron chi connectivity index (χ1n) is 34.9. The molecular weight excluding hydrogens is 1400 g/mol. The Labute approximate surface area is 640 Å². The van der Waals surface area contributed by atoms with E-state index in [0.717, 1.165) is 33.4 Å². The average Bonchev–Trinajstić information content (AvgIpc) is 1.62. The molecule has 4 aromatic carbocycles. The smallest absolute Gasteiger partial charge is 0.337 e. The molecule has 0 radical (unpaired) electrons. The summed E-state index contributed by atoms with van der Waals surface area (Å²) in [7, 11) is 5.36. The van der Waals surface area contributed by atoms with Crippen LogP contribution in [0, 0.1) is 71.0 Å². The third kappa shape index (κ3) is 14.3. The number of ether oxygens (including phenoxy) is 4. The van der Waals surface area contributed by atoms with Crippen molar-refractivity contribution in [2.75, 3.05) is 28.4 Å². The van der Waals surface area contributed by atoms with Crippen molar-refractivity contribution in [3.8, 4) is 116 Å². The Balaban J connectivity index is 0.938. The molecule has 16 rings (SSSR count). The molecule has 0 atom stereocenters. The number of carbonyl (C=O) groups is 4. The molecule has 0 spiro atoms. The number of carbonyl (C=O) groups excluding carboxylic acids is 4. The Morgan fingerprint density at radius 1 is 0.250 bits per heavy atom. The number of H-pyrrole nitrogens is 4. The van der Waals surface area contributed by atoms with Crippen LogP contribution in [-0.4, -0.2) is 102 Å². The highest BCUT2D eigenvalue weighted by Crippen LogP contribution is 2.38. The summed E-state index contributed by atoms with van der Waals surface area (Å²) in [5, 5.41) is 0. The van der Waals surface area contributed by atoms with E-state index in [1.54, 1.807) is 73.3 Å². The molecule has 0 aliphatic carbocycles. The van der Waals surface area contributed by atoms with Crippen LogP contribution in [0.25, 0.3) is 137 Å². The summed E-state index contributed by atoms with van der Waals surface area (Å²) in [5.41, 5.74) is 20.1. The molecule has 4 aliphatic rings. The van der Waals surface area contributed by atoms with Crippen LogP contribution < -0.4 is 0 Å². The quantitative estimate of drug-likeness (QED) is 0.0628. The van der Waals surface area contributed by atoms with Crippen LogP contribution in [0.3, 0.4) is 0 Å². The maximum absolute atomic E-state index is 12.9. The molecule has 530 valence electrons. The minimum Gasteiger partial charge on any atom is -0.465 e. The number of aromatic amines is 4. The Hall–Kier alpha value is -16.4. The number of methoxy groups -OCH3 is 4. The number of benzene rings is 4. The molecule has 0 saturated heterocycles. The standard InChI is InChI=1S/C94H56N10O8/c1-109-91(105)63-25-17-59(18-26-63)87-79-41-33-71(97-79)67(13-7-5-11-57-49-53-95-54-50-57)72-34-42-80(98-72)88(60-19-27-64(28-20-60)92(106)110-2)84-46-38-76(102-84)69(75-37-45-83(87)101-75)15-9-10-16-70-77-39-47-85(103-77)89(61-21-29-65(30-22-61)93(107)111-3)81-43-35-73(99-81)68(14-8-6-12-58-51-55-96-56-52-58)74-36-44-82(100-74)90(86-48-40-78(70)104-86)62-23-31-66(32-24-62)94(108)112-4/h17-56,97,99,102,104H,1-4H3. The third-order valence-corrected chi connectivity index (χ3v) is 18.6. The zero-order valence-electron chi connectivity index (χ0n) is 60.0. The van der Waals surface area contributed by atoms with Crippen molar-refractivity contribution < 1.29 is 38.1 Å². The molecule has 112 heavy (non-hydrogen) atoms. The number of fused-ring (bicyclic) bond motifs is 16. The summed E-state index contributed by atoms with van der Waals surface area (Å²) in [6.07, 6.45) is 22.0. The minimum atomic E-state index is -0.488. The fraction of sp³-hybridized carbons (Fsp3) is 0.0426. The van der Waals surface area contributed by atoms with Crippen LogP contribution in [0.4, 0.5) is 0 Å². The maximum Gasteiger partial charge on any atom is 0.337 e. The largest absolute Gasteiger partial charge is 0.465 e. The number of aromatic nitrogens is 10. The summed E-state index contributed by atoms with van der Waals surface area (Å²) >= 11 is 0. The van der Waals surface area contributed by atoms with E-state index >= 15 is 0 Å². The highest BCUT2D eigenvalue weighted by Gasteiger charge is 2.22. The first-order chi connectivity index (χ1) is 54.9. The van der Waals surface area contributed by atoms with E-state index in [0.29, 0.717) is 156 Å². The molecule has 4 aliphatic heterocycles. The molecule has 18 nitrogen and oxygen atoms in total. The topological polar surface area (TPSA) is 246 Å². The molecule has 8 aromatic heterocycles. The summed E-state index contributed by atoms with van der Waals surface area (Å²) in [5.74, 6) is 36.5. The molecule has 16 bridgehead atoms. The molecule has 12 aromatic rings. The summed E-state index contributed by atoms with van der Waals surface area (Å²) in [6.45, 7) is 0. The monoisotopic (exact) mass is 1450 g/mol. The zero-order valence-corrected chi connectivity index (χ0v) is 60.0. The van der Waals surface area contributed by atoms with E-state index in [-0.39, 0.29) is 0 Å². The van der Waals surface area contributed by atoms with E-state index in [2.05, 4.69) is 101 Å². The summed E-state index contributed by atoms with van der Waals surface area (Å²) < 4.78 is 20.4. The number of rotatable bonds is 8. The zero-order chi connectivity index (χ0) is 76.6. The lowest BCUT2D eigenvalue weighted by Crippen LogP contribution is -2.00. The predicted molar refractivity (Wildman–Crippen MR) is 435 cm³/mol. The lowest BCUT2D eigenvalue weighted by atomic mass is 10.0. The van der Waals surface area contributed by atoms with Crippen molar-refractivity contribution in [1.29, 1.82) is 0 Å². The molecule has 0 unspecified atom stereocenters. The second-order valence-corrected chi connectivity index (χ2v) is 25.3. The van der Waals surface area contributed by atoms with Crippen molar-refractivity contribution in [2.45, 2.75) is 0 Å². The lowest BCUT2D eigenvalue weighted by molar-refractivity contribution is 0.0592. The Morgan fingerprint density at radius 2 is 0.455 bits per heavy atom. The number of esters is 4. The van der Waals surface area contributed by atoms with Gasteiger partial charge in [0.2, 0.25) is 0 Å². The lowest BCUT2D eigenvalue weighted by Gasteiger charge is -2.06. The minimum absolute atomic E-state index is 0.361. The van der Waals surface area contributed by atoms with Crippen LogP contribution in [-0.2, 0) is 18.9 Å². The van der Waals surface area contributed by atoms with Crippen LogP contribution in [0.1, 0.15) is 120 Å². The van der Waals surface area contributed by atoms with Gasteiger partial charge in [0.05, 0.1) is 141 Å². The predicted octanol–water partition coefficient (Wildman–Crippen LogP) is 16.4. The molecule has 12 heterocycles. The van der Waals surface area contributed by atoms with Gasteiger partial charge in [0.15, 0.2) is 0 Å². The number of hydrogen-bond donors (Lipinski definition) is 4. The SMILES string of the molecule is COC(=O)c1ccc(-c2c3nc(c(C#CC#Cc4c5nc(c(-c6ccc(C(=O)OC)cc6)c6ccc([nH]6)c(C#CC#Cc6ccncc6)c6nc(c(-c7ccc(C(=O)OC)cc7)c7ccc4[nH]7)C=C6)C=C5)c4ccc([nH]4)c(-c4ccc(C(=O)OC)cc4)c4nc(c(C#CC#Cc5ccncc5)c5ccc2[nH]5)C=C4)C=C3)cc1. The van der Waals surface area contributed by atoms with Gasteiger partial charge >= 0.3 is 23.9 Å². The second kappa shape index (κ2) is 31.0. The van der Waals surface area contributed by atoms with Gasteiger partial charge in [-0.2, -0.15) is 0 Å². The number of pyridine rings is 2. The normalized spacial score (nSPS) is 11.1. The number of nitrogens with one attached hydrogen (secondary N) is 4. The van der Waals surface area contributed by atoms with Crippen molar-refractivity contribution in [3.63, 3.8) is 0 Å². The van der Waals surface area contributed by atoms with E-state index in [4.69, 9.17) is 38.9 Å². The van der Waals surface area contributed by atoms with E-state index in [1.807, 2.05) is 170 Å². The van der Waals surface area contributed by atoms with Gasteiger partial charge in [-0.15, -0.1) is 0 Å². The average molecular weight is 1450 g/mol. The van der Waals surface area contributed by atoms with Gasteiger partial charge in [0, 0.05) is 80.2 Å². The van der Waals surface area contributed by atoms with Crippen molar-refractivity contribution >= 4 is 117 Å². The van der Waals surface area contributed by atoms with Gasteiger partial charge in [0.25, 0.3) is 0 Å². The third-order valence-electron chi connectivity index (χ3n) is 18.6. The molecule has 18 heteroatoms. The van der Waals surface area contributed by atoms with Crippen molar-refractivity contribution in [2.24, 2.45) is 0 Å². The number of hydrogen-bond acceptors (Lipinski definition) is 14. The Bertz CT molecular complexity index is 6360. The maximum atomic E-state index is 12.9.